The quantitative estimate of drug-likeness (QED) is 0.111. The van der Waals surface area contributed by atoms with Crippen LogP contribution in [0.25, 0.3) is 50.9 Å². The standard InChI is InChI=1S/C54H64N16O8/c1-32-42(27-69(64-32)10-8-67-12-15-76-16-13-67)44-26-58-52(56)50(61-44)46-29-66(4)54(72)48(63-46)35-20-39(75-7)23-40(21-35)78-31-36-30-77-17-14-68(36)9-11-70-33(2)41(24-59-70)43-25-57-51(55)49(60-43)45-28-65(3)53(71)47(62-45)34-18-37(73-5)22-38(19-34)74-6/h18-29,36,47,62H,8-17,30-31H2,1-7H3,(H2,55,57)(H2,56,58). The lowest BCUT2D eigenvalue weighted by Gasteiger charge is -2.35. The van der Waals surface area contributed by atoms with Crippen LogP contribution in [0.15, 0.2) is 78.4 Å². The van der Waals surface area contributed by atoms with Gasteiger partial charge in [-0.05, 0) is 43.7 Å². The van der Waals surface area contributed by atoms with E-state index in [0.717, 1.165) is 55.4 Å². The Labute approximate surface area is 450 Å². The first-order valence-electron chi connectivity index (χ1n) is 25.6. The maximum atomic E-state index is 13.9. The van der Waals surface area contributed by atoms with Crippen LogP contribution in [0.5, 0.6) is 23.0 Å². The lowest BCUT2D eigenvalue weighted by Crippen LogP contribution is -2.49. The minimum Gasteiger partial charge on any atom is -0.497 e. The number of benzene rings is 2. The maximum Gasteiger partial charge on any atom is 0.276 e. The van der Waals surface area contributed by atoms with Gasteiger partial charge in [-0.15, -0.1) is 0 Å². The van der Waals surface area contributed by atoms with Crippen molar-refractivity contribution in [2.24, 2.45) is 7.05 Å². The smallest absolute Gasteiger partial charge is 0.276 e. The van der Waals surface area contributed by atoms with Crippen LogP contribution in [-0.2, 0) is 34.4 Å². The minimum absolute atomic E-state index is 0.110. The monoisotopic (exact) mass is 1060 g/mol. The Balaban J connectivity index is 0.823. The highest BCUT2D eigenvalue weighted by Gasteiger charge is 2.32. The van der Waals surface area contributed by atoms with E-state index >= 15 is 0 Å². The van der Waals surface area contributed by atoms with Crippen molar-refractivity contribution in [2.45, 2.75) is 39.0 Å². The second-order valence-corrected chi connectivity index (χ2v) is 19.3. The lowest BCUT2D eigenvalue weighted by molar-refractivity contribution is -0.130. The summed E-state index contributed by atoms with van der Waals surface area (Å²) in [6, 6.07) is 9.73. The zero-order chi connectivity index (χ0) is 54.6. The van der Waals surface area contributed by atoms with E-state index in [1.54, 1.807) is 103 Å². The number of nitrogens with two attached hydrogens (primary N) is 2. The van der Waals surface area contributed by atoms with Gasteiger partial charge in [-0.2, -0.15) is 10.2 Å². The highest BCUT2D eigenvalue weighted by Crippen LogP contribution is 2.34. The summed E-state index contributed by atoms with van der Waals surface area (Å²) in [5.41, 5.74) is 19.9. The second kappa shape index (κ2) is 23.0. The highest BCUT2D eigenvalue weighted by molar-refractivity contribution is 5.90. The molecule has 8 heterocycles. The molecule has 24 nitrogen and oxygen atoms in total. The number of nitrogens with one attached hydrogen (secondary N) is 1. The van der Waals surface area contributed by atoms with E-state index in [1.165, 1.54) is 9.47 Å². The molecule has 2 aromatic carbocycles. The van der Waals surface area contributed by atoms with Crippen LogP contribution in [0.3, 0.4) is 0 Å². The molecule has 5 N–H and O–H groups in total. The fraction of sp³-hybridized carbons (Fsp3) is 0.389. The molecule has 2 atom stereocenters. The molecule has 1 amide bonds. The summed E-state index contributed by atoms with van der Waals surface area (Å²) >= 11 is 0. The van der Waals surface area contributed by atoms with E-state index in [1.807, 2.05) is 29.4 Å². The predicted molar refractivity (Wildman–Crippen MR) is 290 cm³/mol. The lowest BCUT2D eigenvalue weighted by atomic mass is 10.0. The molecule has 0 bridgehead atoms. The van der Waals surface area contributed by atoms with Crippen LogP contribution in [0.1, 0.15) is 28.7 Å². The molecule has 5 aromatic heterocycles. The molecule has 24 heteroatoms. The first-order valence-corrected chi connectivity index (χ1v) is 25.6. The summed E-state index contributed by atoms with van der Waals surface area (Å²) < 4.78 is 40.0. The van der Waals surface area contributed by atoms with Crippen LogP contribution in [0, 0.1) is 13.8 Å². The van der Waals surface area contributed by atoms with Crippen LogP contribution in [0.2, 0.25) is 0 Å². The van der Waals surface area contributed by atoms with Crippen LogP contribution < -0.4 is 41.3 Å². The van der Waals surface area contributed by atoms with Crippen molar-refractivity contribution in [2.75, 3.05) is 106 Å². The molecule has 0 saturated carbocycles. The summed E-state index contributed by atoms with van der Waals surface area (Å²) in [6.45, 7) is 11.9. The van der Waals surface area contributed by atoms with Gasteiger partial charge in [0.15, 0.2) is 11.6 Å². The molecule has 78 heavy (non-hydrogen) atoms. The van der Waals surface area contributed by atoms with Crippen molar-refractivity contribution in [3.8, 4) is 68.2 Å². The summed E-state index contributed by atoms with van der Waals surface area (Å²) in [7, 11) is 8.01. The van der Waals surface area contributed by atoms with E-state index in [2.05, 4.69) is 25.1 Å². The van der Waals surface area contributed by atoms with Crippen molar-refractivity contribution in [1.82, 2.24) is 69.1 Å². The normalized spacial score (nSPS) is 17.2. The number of amides is 1. The summed E-state index contributed by atoms with van der Waals surface area (Å²) in [6.07, 6.45) is 10.3. The number of hydrogen-bond acceptors (Lipinski definition) is 20. The van der Waals surface area contributed by atoms with Gasteiger partial charge in [-0.3, -0.25) is 28.8 Å². The van der Waals surface area contributed by atoms with Gasteiger partial charge in [0.25, 0.3) is 11.5 Å². The van der Waals surface area contributed by atoms with Gasteiger partial charge >= 0.3 is 0 Å². The summed E-state index contributed by atoms with van der Waals surface area (Å²) in [5.74, 6) is 2.23. The Hall–Kier alpha value is -8.45. The summed E-state index contributed by atoms with van der Waals surface area (Å²) in [5, 5.41) is 12.8. The first-order chi connectivity index (χ1) is 37.8. The molecule has 0 aliphatic carbocycles. The van der Waals surface area contributed by atoms with Gasteiger partial charge in [-0.1, -0.05) is 0 Å². The predicted octanol–water partition coefficient (Wildman–Crippen LogP) is 3.44. The molecular formula is C54H64N16O8. The van der Waals surface area contributed by atoms with E-state index in [9.17, 15) is 9.59 Å². The van der Waals surface area contributed by atoms with Gasteiger partial charge < -0.3 is 54.7 Å². The third-order valence-electron chi connectivity index (χ3n) is 14.2. The van der Waals surface area contributed by atoms with Gasteiger partial charge in [0.2, 0.25) is 0 Å². The molecule has 0 spiro atoms. The van der Waals surface area contributed by atoms with Gasteiger partial charge in [0, 0.05) is 99.9 Å². The van der Waals surface area contributed by atoms with Crippen LogP contribution in [-0.4, -0.2) is 170 Å². The number of aryl methyl sites for hydroxylation is 2. The molecule has 408 valence electrons. The molecule has 2 saturated heterocycles. The maximum absolute atomic E-state index is 13.9. The van der Waals surface area contributed by atoms with Crippen LogP contribution in [0.4, 0.5) is 11.6 Å². The van der Waals surface area contributed by atoms with Crippen LogP contribution >= 0.6 is 0 Å². The number of nitrogens with zero attached hydrogens (tertiary/aromatic N) is 13. The third-order valence-corrected chi connectivity index (χ3v) is 14.2. The zero-order valence-electron chi connectivity index (χ0n) is 44.8. The van der Waals surface area contributed by atoms with Crippen molar-refractivity contribution < 1.29 is 33.2 Å². The number of nitrogen functional groups attached to an aromatic ring is 2. The van der Waals surface area contributed by atoms with Crippen molar-refractivity contribution in [3.63, 3.8) is 0 Å². The molecule has 10 rings (SSSR count). The molecule has 3 aliphatic heterocycles. The zero-order valence-corrected chi connectivity index (χ0v) is 44.8. The Morgan fingerprint density at radius 3 is 2.10 bits per heavy atom. The third kappa shape index (κ3) is 11.3. The van der Waals surface area contributed by atoms with E-state index < -0.39 is 6.04 Å². The van der Waals surface area contributed by atoms with Gasteiger partial charge in [0.1, 0.15) is 58.4 Å². The molecule has 0 radical (unpaired) electrons. The van der Waals surface area contributed by atoms with Crippen molar-refractivity contribution in [3.05, 3.63) is 107 Å². The molecule has 2 unspecified atom stereocenters. The Morgan fingerprint density at radius 2 is 1.36 bits per heavy atom. The average molecular weight is 1070 g/mol. The fourth-order valence-electron chi connectivity index (χ4n) is 9.76. The number of ether oxygens (including phenoxy) is 6. The largest absolute Gasteiger partial charge is 0.497 e. The second-order valence-electron chi connectivity index (χ2n) is 19.3. The van der Waals surface area contributed by atoms with E-state index in [0.29, 0.717) is 108 Å². The number of hydrogen-bond donors (Lipinski definition) is 3. The van der Waals surface area contributed by atoms with Gasteiger partial charge in [-0.25, -0.2) is 24.9 Å². The fourth-order valence-corrected chi connectivity index (χ4v) is 9.76. The molecule has 2 fully saturated rings. The van der Waals surface area contributed by atoms with E-state index in [-0.39, 0.29) is 41.4 Å². The number of rotatable bonds is 18. The molecular weight excluding hydrogens is 1000 g/mol. The number of aromatic nitrogens is 10. The minimum atomic E-state index is -0.775. The number of likely N-dealkylation sites (N-methyl/N-ethyl adjacent to an activating group) is 1. The molecule has 7 aromatic rings. The first kappa shape index (κ1) is 53.0. The number of morpholine rings is 2. The topological polar surface area (TPSA) is 268 Å². The number of carbonyl (C=O) groups is 1. The number of carbonyl (C=O) groups excluding carboxylic acids is 1. The average Bonchev–Trinajstić information content (AvgIpc) is 4.09. The Kier molecular flexibility index (Phi) is 15.6. The Bertz CT molecular complexity index is 3400. The van der Waals surface area contributed by atoms with E-state index in [4.69, 9.17) is 65.0 Å². The highest BCUT2D eigenvalue weighted by atomic mass is 16.5. The Morgan fingerprint density at radius 1 is 0.705 bits per heavy atom. The number of methoxy groups -OCH3 is 3. The SMILES string of the molecule is COc1cc(OCC2COCCN2CCn2ncc(-c3cnc(N)c(C4=CN(C)C(=O)C(c5cc(OC)cc(OC)c5)N4)n3)c2C)cc(-c2nc(-c3nc(-c4cn(CCN5CCOCC5)nc4C)cnc3N)cn(C)c2=O)c1. The van der Waals surface area contributed by atoms with Gasteiger partial charge in [0.05, 0.1) is 108 Å². The number of anilines is 2. The summed E-state index contributed by atoms with van der Waals surface area (Å²) in [4.78, 5) is 57.3. The van der Waals surface area contributed by atoms with Crippen molar-refractivity contribution in [1.29, 1.82) is 0 Å². The van der Waals surface area contributed by atoms with Crippen molar-refractivity contribution >= 4 is 23.2 Å². The molecule has 3 aliphatic rings.